The summed E-state index contributed by atoms with van der Waals surface area (Å²) in [5.74, 6) is 0.749. The number of hydrogen-bond acceptors (Lipinski definition) is 2. The van der Waals surface area contributed by atoms with Gasteiger partial charge in [-0.1, -0.05) is 20.4 Å². The highest BCUT2D eigenvalue weighted by Crippen LogP contribution is 2.25. The lowest BCUT2D eigenvalue weighted by molar-refractivity contribution is -0.124. The fraction of sp³-hybridized carbons (Fsp3) is 0.556. The van der Waals surface area contributed by atoms with Gasteiger partial charge in [0.2, 0.25) is 0 Å². The second-order valence-corrected chi connectivity index (χ2v) is 3.46. The quantitative estimate of drug-likeness (QED) is 0.656. The normalized spacial score (nSPS) is 28.7. The summed E-state index contributed by atoms with van der Waals surface area (Å²) in [7, 11) is 0. The predicted molar refractivity (Wildman–Crippen MR) is 49.0 cm³/mol. The Hall–Kier alpha value is -1.12. The molecule has 12 heavy (non-hydrogen) atoms. The molecule has 1 atom stereocenters. The number of amides is 1. The lowest BCUT2D eigenvalue weighted by atomic mass is 9.89. The van der Waals surface area contributed by atoms with Crippen molar-refractivity contribution in [3.63, 3.8) is 0 Å². The number of nitrogens with zero attached hydrogens (tertiary/aromatic N) is 1. The van der Waals surface area contributed by atoms with Gasteiger partial charge in [0.25, 0.3) is 5.91 Å². The van der Waals surface area contributed by atoms with E-state index in [0.29, 0.717) is 5.84 Å². The van der Waals surface area contributed by atoms with E-state index in [2.05, 4.69) is 16.9 Å². The molecule has 1 heterocycles. The second-order valence-electron chi connectivity index (χ2n) is 3.46. The molecule has 0 aromatic heterocycles. The van der Waals surface area contributed by atoms with Crippen LogP contribution in [0.1, 0.15) is 20.8 Å². The van der Waals surface area contributed by atoms with E-state index in [-0.39, 0.29) is 11.8 Å². The zero-order valence-corrected chi connectivity index (χ0v) is 7.72. The lowest BCUT2D eigenvalue weighted by Gasteiger charge is -2.21. The summed E-state index contributed by atoms with van der Waals surface area (Å²) in [5.41, 5.74) is -0.608. The van der Waals surface area contributed by atoms with E-state index < -0.39 is 5.54 Å². The first-order valence-corrected chi connectivity index (χ1v) is 4.04. The van der Waals surface area contributed by atoms with Crippen LogP contribution in [0.25, 0.3) is 0 Å². The third kappa shape index (κ3) is 1.15. The molecule has 0 radical (unpaired) electrons. The van der Waals surface area contributed by atoms with Crippen molar-refractivity contribution >= 4 is 11.7 Å². The molecule has 0 aromatic rings. The highest BCUT2D eigenvalue weighted by atomic mass is 16.2. The average Bonchev–Trinajstić information content (AvgIpc) is 2.29. The van der Waals surface area contributed by atoms with Gasteiger partial charge in [-0.05, 0) is 18.9 Å². The van der Waals surface area contributed by atoms with E-state index in [1.165, 1.54) is 0 Å². The van der Waals surface area contributed by atoms with E-state index in [1.54, 1.807) is 6.08 Å². The minimum Gasteiger partial charge on any atom is -0.309 e. The molecule has 0 spiro atoms. The van der Waals surface area contributed by atoms with Gasteiger partial charge >= 0.3 is 0 Å². The van der Waals surface area contributed by atoms with Crippen LogP contribution in [0.15, 0.2) is 17.6 Å². The Kier molecular flexibility index (Phi) is 2.04. The molecule has 3 heteroatoms. The molecule has 0 saturated heterocycles. The average molecular weight is 166 g/mol. The molecule has 1 N–H and O–H groups in total. The van der Waals surface area contributed by atoms with Gasteiger partial charge in [0.15, 0.2) is 0 Å². The molecule has 66 valence electrons. The van der Waals surface area contributed by atoms with Crippen LogP contribution < -0.4 is 5.32 Å². The van der Waals surface area contributed by atoms with Crippen molar-refractivity contribution in [2.45, 2.75) is 26.3 Å². The van der Waals surface area contributed by atoms with Crippen molar-refractivity contribution in [2.24, 2.45) is 10.9 Å². The maximum absolute atomic E-state index is 11.4. The molecule has 1 amide bonds. The van der Waals surface area contributed by atoms with Gasteiger partial charge in [-0.15, -0.1) is 0 Å². The number of hydrogen-bond donors (Lipinski definition) is 1. The molecule has 0 saturated carbocycles. The van der Waals surface area contributed by atoms with Crippen LogP contribution in [0, 0.1) is 5.92 Å². The van der Waals surface area contributed by atoms with Gasteiger partial charge in [-0.2, -0.15) is 0 Å². The molecule has 1 unspecified atom stereocenters. The Labute approximate surface area is 72.6 Å². The summed E-state index contributed by atoms with van der Waals surface area (Å²) in [5, 5.41) is 2.67. The summed E-state index contributed by atoms with van der Waals surface area (Å²) in [6.45, 7) is 9.36. The van der Waals surface area contributed by atoms with E-state index in [1.807, 2.05) is 20.8 Å². The van der Waals surface area contributed by atoms with E-state index in [9.17, 15) is 4.79 Å². The van der Waals surface area contributed by atoms with Crippen LogP contribution in [-0.4, -0.2) is 17.3 Å². The van der Waals surface area contributed by atoms with E-state index >= 15 is 0 Å². The molecule has 1 aliphatic rings. The van der Waals surface area contributed by atoms with Crippen LogP contribution in [0.4, 0.5) is 0 Å². The predicted octanol–water partition coefficient (Wildman–Crippen LogP) is 1.12. The van der Waals surface area contributed by atoms with Crippen molar-refractivity contribution in [3.05, 3.63) is 12.7 Å². The van der Waals surface area contributed by atoms with E-state index in [0.717, 1.165) is 0 Å². The summed E-state index contributed by atoms with van der Waals surface area (Å²) in [4.78, 5) is 15.7. The number of carbonyl (C=O) groups excluding carboxylic acids is 1. The second kappa shape index (κ2) is 2.73. The SMILES string of the molecule is C=CC1=NC(C)(C(C)C)C(=O)N1. The van der Waals surface area contributed by atoms with Crippen LogP contribution in [0.3, 0.4) is 0 Å². The highest BCUT2D eigenvalue weighted by molar-refractivity contribution is 6.12. The summed E-state index contributed by atoms with van der Waals surface area (Å²) in [6.07, 6.45) is 1.56. The monoisotopic (exact) mass is 166 g/mol. The van der Waals surface area contributed by atoms with Crippen LogP contribution in [0.5, 0.6) is 0 Å². The number of carbonyl (C=O) groups is 1. The minimum absolute atomic E-state index is 0.0348. The van der Waals surface area contributed by atoms with Crippen LogP contribution >= 0.6 is 0 Å². The Bertz CT molecular complexity index is 255. The molecular weight excluding hydrogens is 152 g/mol. The molecule has 0 aromatic carbocycles. The van der Waals surface area contributed by atoms with Crippen molar-refractivity contribution in [3.8, 4) is 0 Å². The van der Waals surface area contributed by atoms with Crippen molar-refractivity contribution < 1.29 is 4.79 Å². The maximum atomic E-state index is 11.4. The van der Waals surface area contributed by atoms with Gasteiger partial charge < -0.3 is 5.32 Å². The number of rotatable bonds is 2. The minimum atomic E-state index is -0.608. The first-order chi connectivity index (χ1) is 5.50. The van der Waals surface area contributed by atoms with Gasteiger partial charge in [0.05, 0.1) is 0 Å². The van der Waals surface area contributed by atoms with Crippen molar-refractivity contribution in [1.29, 1.82) is 0 Å². The first-order valence-electron chi connectivity index (χ1n) is 4.04. The van der Waals surface area contributed by atoms with Crippen LogP contribution in [0.2, 0.25) is 0 Å². The molecule has 1 rings (SSSR count). The fourth-order valence-corrected chi connectivity index (χ4v) is 1.06. The van der Waals surface area contributed by atoms with Crippen molar-refractivity contribution in [2.75, 3.05) is 0 Å². The number of nitrogens with one attached hydrogen (secondary N) is 1. The van der Waals surface area contributed by atoms with Gasteiger partial charge in [-0.3, -0.25) is 9.79 Å². The number of aliphatic imine (C=N–C) groups is 1. The lowest BCUT2D eigenvalue weighted by Crippen LogP contribution is -2.40. The van der Waals surface area contributed by atoms with E-state index in [4.69, 9.17) is 0 Å². The Morgan fingerprint density at radius 3 is 2.50 bits per heavy atom. The molecule has 1 aliphatic heterocycles. The number of amidine groups is 1. The largest absolute Gasteiger partial charge is 0.309 e. The Balaban J connectivity index is 2.99. The molecule has 0 fully saturated rings. The van der Waals surface area contributed by atoms with Crippen LogP contribution in [-0.2, 0) is 4.79 Å². The zero-order chi connectivity index (χ0) is 9.35. The highest BCUT2D eigenvalue weighted by Gasteiger charge is 2.40. The maximum Gasteiger partial charge on any atom is 0.253 e. The van der Waals surface area contributed by atoms with Gasteiger partial charge in [0.1, 0.15) is 11.4 Å². The Morgan fingerprint density at radius 2 is 2.25 bits per heavy atom. The Morgan fingerprint density at radius 1 is 1.67 bits per heavy atom. The zero-order valence-electron chi connectivity index (χ0n) is 7.72. The topological polar surface area (TPSA) is 41.5 Å². The standard InChI is InChI=1S/C9H14N2O/c1-5-7-10-8(12)9(4,11-7)6(2)3/h5-6H,1H2,2-4H3,(H,10,11,12). The third-order valence-corrected chi connectivity index (χ3v) is 2.37. The molecular formula is C9H14N2O. The summed E-state index contributed by atoms with van der Waals surface area (Å²) >= 11 is 0. The van der Waals surface area contributed by atoms with Crippen molar-refractivity contribution in [1.82, 2.24) is 5.32 Å². The van der Waals surface area contributed by atoms with Gasteiger partial charge in [-0.25, -0.2) is 0 Å². The smallest absolute Gasteiger partial charge is 0.253 e. The first kappa shape index (κ1) is 8.97. The molecule has 0 bridgehead atoms. The summed E-state index contributed by atoms with van der Waals surface area (Å²) in [6, 6.07) is 0. The third-order valence-electron chi connectivity index (χ3n) is 2.37. The summed E-state index contributed by atoms with van der Waals surface area (Å²) < 4.78 is 0. The molecule has 0 aliphatic carbocycles. The van der Waals surface area contributed by atoms with Gasteiger partial charge in [0, 0.05) is 0 Å². The fourth-order valence-electron chi connectivity index (χ4n) is 1.06. The molecule has 3 nitrogen and oxygen atoms in total.